The van der Waals surface area contributed by atoms with Gasteiger partial charge in [0.1, 0.15) is 5.82 Å². The Morgan fingerprint density at radius 2 is 2.22 bits per heavy atom. The highest BCUT2D eigenvalue weighted by molar-refractivity contribution is 5.71. The van der Waals surface area contributed by atoms with Gasteiger partial charge in [-0.05, 0) is 13.3 Å². The van der Waals surface area contributed by atoms with Gasteiger partial charge in [0.2, 0.25) is 0 Å². The Morgan fingerprint density at radius 3 is 2.83 bits per heavy atom. The Morgan fingerprint density at radius 1 is 1.50 bits per heavy atom. The summed E-state index contributed by atoms with van der Waals surface area (Å²) in [6.07, 6.45) is 2.18. The highest BCUT2D eigenvalue weighted by Crippen LogP contribution is 2.22. The van der Waals surface area contributed by atoms with Crippen LogP contribution in [0.25, 0.3) is 0 Å². The van der Waals surface area contributed by atoms with E-state index >= 15 is 0 Å². The third-order valence-corrected chi connectivity index (χ3v) is 2.57. The minimum Gasteiger partial charge on any atom is -0.466 e. The van der Waals surface area contributed by atoms with Crippen molar-refractivity contribution in [3.8, 4) is 0 Å². The molecule has 0 bridgehead atoms. The quantitative estimate of drug-likeness (QED) is 0.717. The van der Waals surface area contributed by atoms with E-state index in [1.807, 2.05) is 7.05 Å². The van der Waals surface area contributed by atoms with Gasteiger partial charge in [0.25, 0.3) is 0 Å². The van der Waals surface area contributed by atoms with Crippen molar-refractivity contribution in [1.29, 1.82) is 0 Å². The van der Waals surface area contributed by atoms with Gasteiger partial charge in [-0.1, -0.05) is 13.3 Å². The molecule has 0 fully saturated rings. The first-order chi connectivity index (χ1) is 8.60. The first kappa shape index (κ1) is 14.3. The molecule has 0 aliphatic rings. The lowest BCUT2D eigenvalue weighted by Gasteiger charge is -2.07. The standard InChI is InChI=1S/C12H22N4O2/c1-4-6-9-11(13)12(16(3)15-9)14-8-7-10(17)18-5-2/h14H,4-8,13H2,1-3H3. The minimum absolute atomic E-state index is 0.209. The van der Waals surface area contributed by atoms with Crippen LogP contribution in [-0.4, -0.2) is 28.9 Å². The maximum Gasteiger partial charge on any atom is 0.307 e. The fourth-order valence-electron chi connectivity index (χ4n) is 1.74. The number of nitrogens with one attached hydrogen (secondary N) is 1. The zero-order valence-corrected chi connectivity index (χ0v) is 11.3. The average molecular weight is 254 g/mol. The summed E-state index contributed by atoms with van der Waals surface area (Å²) in [7, 11) is 1.84. The molecular formula is C12H22N4O2. The van der Waals surface area contributed by atoms with E-state index < -0.39 is 0 Å². The van der Waals surface area contributed by atoms with E-state index in [9.17, 15) is 4.79 Å². The first-order valence-corrected chi connectivity index (χ1v) is 6.30. The van der Waals surface area contributed by atoms with Crippen LogP contribution in [0.5, 0.6) is 0 Å². The van der Waals surface area contributed by atoms with E-state index in [0.717, 1.165) is 24.4 Å². The molecule has 18 heavy (non-hydrogen) atoms. The summed E-state index contributed by atoms with van der Waals surface area (Å²) < 4.78 is 6.57. The molecule has 6 heteroatoms. The molecule has 0 aliphatic heterocycles. The molecule has 0 aromatic carbocycles. The monoisotopic (exact) mass is 254 g/mol. The maximum atomic E-state index is 11.2. The SMILES string of the molecule is CCCc1nn(C)c(NCCC(=O)OCC)c1N. The van der Waals surface area contributed by atoms with Crippen LogP contribution in [0.15, 0.2) is 0 Å². The van der Waals surface area contributed by atoms with Crippen molar-refractivity contribution in [2.24, 2.45) is 7.05 Å². The maximum absolute atomic E-state index is 11.2. The van der Waals surface area contributed by atoms with Crippen LogP contribution in [-0.2, 0) is 23.0 Å². The van der Waals surface area contributed by atoms with Gasteiger partial charge in [-0.2, -0.15) is 5.10 Å². The molecule has 0 atom stereocenters. The van der Waals surface area contributed by atoms with Crippen LogP contribution < -0.4 is 11.1 Å². The normalized spacial score (nSPS) is 10.4. The molecule has 0 saturated heterocycles. The van der Waals surface area contributed by atoms with Crippen molar-refractivity contribution in [2.45, 2.75) is 33.1 Å². The van der Waals surface area contributed by atoms with Gasteiger partial charge in [-0.15, -0.1) is 0 Å². The fourth-order valence-corrected chi connectivity index (χ4v) is 1.74. The van der Waals surface area contributed by atoms with Crippen LogP contribution in [0.1, 0.15) is 32.4 Å². The Balaban J connectivity index is 2.54. The number of ether oxygens (including phenoxy) is 1. The number of nitrogens with two attached hydrogens (primary N) is 1. The number of rotatable bonds is 7. The smallest absolute Gasteiger partial charge is 0.307 e. The van der Waals surface area contributed by atoms with Gasteiger partial charge in [-0.25, -0.2) is 0 Å². The van der Waals surface area contributed by atoms with Gasteiger partial charge in [0.05, 0.1) is 24.4 Å². The van der Waals surface area contributed by atoms with Crippen LogP contribution in [0.4, 0.5) is 11.5 Å². The summed E-state index contributed by atoms with van der Waals surface area (Å²) in [5, 5.41) is 7.47. The van der Waals surface area contributed by atoms with E-state index in [-0.39, 0.29) is 5.97 Å². The Hall–Kier alpha value is -1.72. The average Bonchev–Trinajstić information content (AvgIpc) is 2.57. The first-order valence-electron chi connectivity index (χ1n) is 6.30. The predicted octanol–water partition coefficient (Wildman–Crippen LogP) is 1.32. The van der Waals surface area contributed by atoms with E-state index in [0.29, 0.717) is 25.3 Å². The van der Waals surface area contributed by atoms with Crippen LogP contribution in [0.3, 0.4) is 0 Å². The molecule has 0 amide bonds. The van der Waals surface area contributed by atoms with Gasteiger partial charge >= 0.3 is 5.97 Å². The molecule has 0 unspecified atom stereocenters. The molecule has 1 aromatic rings. The lowest BCUT2D eigenvalue weighted by Crippen LogP contribution is -2.13. The molecular weight excluding hydrogens is 232 g/mol. The van der Waals surface area contributed by atoms with E-state index in [1.54, 1.807) is 11.6 Å². The van der Waals surface area contributed by atoms with Gasteiger partial charge < -0.3 is 15.8 Å². The van der Waals surface area contributed by atoms with Crippen molar-refractivity contribution < 1.29 is 9.53 Å². The van der Waals surface area contributed by atoms with Crippen molar-refractivity contribution in [1.82, 2.24) is 9.78 Å². The molecule has 0 spiro atoms. The lowest BCUT2D eigenvalue weighted by molar-refractivity contribution is -0.142. The molecule has 102 valence electrons. The Kier molecular flexibility index (Phi) is 5.48. The second-order valence-corrected chi connectivity index (χ2v) is 4.06. The molecule has 1 aromatic heterocycles. The number of aryl methyl sites for hydroxylation is 2. The summed E-state index contributed by atoms with van der Waals surface area (Å²) in [5.74, 6) is 0.558. The third kappa shape index (κ3) is 3.65. The number of hydrogen-bond acceptors (Lipinski definition) is 5. The second-order valence-electron chi connectivity index (χ2n) is 4.06. The second kappa shape index (κ2) is 6.88. The zero-order valence-electron chi connectivity index (χ0n) is 11.3. The van der Waals surface area contributed by atoms with Crippen molar-refractivity contribution in [2.75, 3.05) is 24.2 Å². The number of hydrogen-bond donors (Lipinski definition) is 2. The van der Waals surface area contributed by atoms with Gasteiger partial charge in [-0.3, -0.25) is 9.48 Å². The van der Waals surface area contributed by atoms with Gasteiger partial charge in [0.15, 0.2) is 0 Å². The highest BCUT2D eigenvalue weighted by Gasteiger charge is 2.12. The number of carbonyl (C=O) groups excluding carboxylic acids is 1. The summed E-state index contributed by atoms with van der Waals surface area (Å²) >= 11 is 0. The number of nitrogen functional groups attached to an aromatic ring is 1. The molecule has 0 radical (unpaired) electrons. The third-order valence-electron chi connectivity index (χ3n) is 2.57. The highest BCUT2D eigenvalue weighted by atomic mass is 16.5. The van der Waals surface area contributed by atoms with E-state index in [2.05, 4.69) is 17.3 Å². The minimum atomic E-state index is -0.209. The topological polar surface area (TPSA) is 82.2 Å². The number of esters is 1. The largest absolute Gasteiger partial charge is 0.466 e. The van der Waals surface area contributed by atoms with Crippen LogP contribution in [0.2, 0.25) is 0 Å². The molecule has 1 heterocycles. The van der Waals surface area contributed by atoms with E-state index in [4.69, 9.17) is 10.5 Å². The summed E-state index contributed by atoms with van der Waals surface area (Å²) in [4.78, 5) is 11.2. The summed E-state index contributed by atoms with van der Waals surface area (Å²) in [6, 6.07) is 0. The van der Waals surface area contributed by atoms with Crippen LogP contribution >= 0.6 is 0 Å². The van der Waals surface area contributed by atoms with E-state index in [1.165, 1.54) is 0 Å². The Labute approximate surface area is 107 Å². The van der Waals surface area contributed by atoms with Crippen molar-refractivity contribution in [3.63, 3.8) is 0 Å². The molecule has 0 aliphatic carbocycles. The predicted molar refractivity (Wildman–Crippen MR) is 71.4 cm³/mol. The Bertz CT molecular complexity index is 401. The molecule has 6 nitrogen and oxygen atoms in total. The lowest BCUT2D eigenvalue weighted by atomic mass is 10.2. The number of aromatic nitrogens is 2. The summed E-state index contributed by atoms with van der Waals surface area (Å²) in [5.41, 5.74) is 7.57. The van der Waals surface area contributed by atoms with Crippen molar-refractivity contribution >= 4 is 17.5 Å². The van der Waals surface area contributed by atoms with Crippen molar-refractivity contribution in [3.05, 3.63) is 5.69 Å². The van der Waals surface area contributed by atoms with Crippen LogP contribution in [0, 0.1) is 0 Å². The number of nitrogens with zero attached hydrogens (tertiary/aromatic N) is 2. The molecule has 0 saturated carbocycles. The fraction of sp³-hybridized carbons (Fsp3) is 0.667. The number of anilines is 2. The van der Waals surface area contributed by atoms with Gasteiger partial charge in [0, 0.05) is 13.6 Å². The number of carbonyl (C=O) groups is 1. The summed E-state index contributed by atoms with van der Waals surface area (Å²) in [6.45, 7) is 4.78. The molecule has 3 N–H and O–H groups in total. The zero-order chi connectivity index (χ0) is 13.5. The molecule has 1 rings (SSSR count).